The number of hydrogen-bond donors (Lipinski definition) is 0. The summed E-state index contributed by atoms with van der Waals surface area (Å²) in [6, 6.07) is 8.49. The molecule has 0 aromatic heterocycles. The van der Waals surface area contributed by atoms with E-state index in [2.05, 4.69) is 50.0 Å². The van der Waals surface area contributed by atoms with Gasteiger partial charge in [-0.05, 0) is 37.0 Å². The average Bonchev–Trinajstić information content (AvgIpc) is 3.26. The molecule has 1 saturated carbocycles. The third kappa shape index (κ3) is 3.61. The van der Waals surface area contributed by atoms with Crippen molar-refractivity contribution in [1.82, 2.24) is 9.80 Å². The number of carbonyl (C=O) groups excluding carboxylic acids is 1. The van der Waals surface area contributed by atoms with Gasteiger partial charge in [0.1, 0.15) is 0 Å². The molecule has 2 aliphatic rings. The lowest BCUT2D eigenvalue weighted by atomic mass is 10.2. The zero-order valence-corrected chi connectivity index (χ0v) is 13.3. The van der Waals surface area contributed by atoms with Crippen LogP contribution in [0, 0.1) is 5.92 Å². The fourth-order valence-corrected chi connectivity index (χ4v) is 3.28. The summed E-state index contributed by atoms with van der Waals surface area (Å²) in [6.07, 6.45) is 3.31. The van der Waals surface area contributed by atoms with Gasteiger partial charge in [-0.1, -0.05) is 28.1 Å². The van der Waals surface area contributed by atoms with E-state index in [0.717, 1.165) is 56.5 Å². The second-order valence-corrected chi connectivity index (χ2v) is 6.77. The standard InChI is InChI=1S/C16H21BrN2O/c17-15-4-1-3-13(11-15)12-18-7-2-8-19(10-9-18)16(20)14-5-6-14/h1,3-4,11,14H,2,5-10,12H2. The van der Waals surface area contributed by atoms with E-state index in [4.69, 9.17) is 0 Å². The summed E-state index contributed by atoms with van der Waals surface area (Å²) in [5, 5.41) is 0. The van der Waals surface area contributed by atoms with E-state index in [-0.39, 0.29) is 0 Å². The molecule has 0 atom stereocenters. The highest BCUT2D eigenvalue weighted by molar-refractivity contribution is 9.10. The maximum absolute atomic E-state index is 12.1. The molecule has 0 bridgehead atoms. The fourth-order valence-electron chi connectivity index (χ4n) is 2.83. The SMILES string of the molecule is O=C(C1CC1)N1CCCN(Cc2cccc(Br)c2)CC1. The summed E-state index contributed by atoms with van der Waals surface area (Å²) in [5.74, 6) is 0.751. The Labute approximate surface area is 129 Å². The number of halogens is 1. The second kappa shape index (κ2) is 6.27. The van der Waals surface area contributed by atoms with Gasteiger partial charge in [0.15, 0.2) is 0 Å². The Kier molecular flexibility index (Phi) is 4.41. The highest BCUT2D eigenvalue weighted by atomic mass is 79.9. The van der Waals surface area contributed by atoms with Crippen molar-refractivity contribution < 1.29 is 4.79 Å². The van der Waals surface area contributed by atoms with Crippen LogP contribution in [0.1, 0.15) is 24.8 Å². The van der Waals surface area contributed by atoms with Gasteiger partial charge in [-0.25, -0.2) is 0 Å². The first kappa shape index (κ1) is 14.1. The van der Waals surface area contributed by atoms with E-state index in [9.17, 15) is 4.79 Å². The number of nitrogens with zero attached hydrogens (tertiary/aromatic N) is 2. The molecule has 0 unspecified atom stereocenters. The normalized spacial score (nSPS) is 20.8. The highest BCUT2D eigenvalue weighted by Gasteiger charge is 2.33. The van der Waals surface area contributed by atoms with Gasteiger partial charge in [-0.15, -0.1) is 0 Å². The summed E-state index contributed by atoms with van der Waals surface area (Å²) in [6.45, 7) is 4.88. The van der Waals surface area contributed by atoms with Crippen LogP contribution < -0.4 is 0 Å². The average molecular weight is 337 g/mol. The quantitative estimate of drug-likeness (QED) is 0.847. The zero-order chi connectivity index (χ0) is 13.9. The van der Waals surface area contributed by atoms with Crippen LogP contribution in [0.3, 0.4) is 0 Å². The molecule has 0 N–H and O–H groups in total. The van der Waals surface area contributed by atoms with Gasteiger partial charge < -0.3 is 4.90 Å². The van der Waals surface area contributed by atoms with Crippen LogP contribution in [0.15, 0.2) is 28.7 Å². The van der Waals surface area contributed by atoms with Gasteiger partial charge in [0.05, 0.1) is 0 Å². The molecule has 1 aliphatic carbocycles. The molecule has 0 radical (unpaired) electrons. The summed E-state index contributed by atoms with van der Waals surface area (Å²) < 4.78 is 1.13. The number of amides is 1. The minimum absolute atomic E-state index is 0.353. The molecule has 4 heteroatoms. The van der Waals surface area contributed by atoms with E-state index in [1.165, 1.54) is 5.56 Å². The molecule has 3 nitrogen and oxygen atoms in total. The van der Waals surface area contributed by atoms with Crippen molar-refractivity contribution in [2.24, 2.45) is 5.92 Å². The van der Waals surface area contributed by atoms with Crippen molar-refractivity contribution in [2.75, 3.05) is 26.2 Å². The van der Waals surface area contributed by atoms with Crippen LogP contribution in [0.2, 0.25) is 0 Å². The van der Waals surface area contributed by atoms with Gasteiger partial charge in [0.2, 0.25) is 5.91 Å². The van der Waals surface area contributed by atoms with E-state index < -0.39 is 0 Å². The molecular formula is C16H21BrN2O. The van der Waals surface area contributed by atoms with Gasteiger partial charge in [-0.2, -0.15) is 0 Å². The lowest BCUT2D eigenvalue weighted by molar-refractivity contribution is -0.132. The van der Waals surface area contributed by atoms with Gasteiger partial charge in [0, 0.05) is 43.1 Å². The molecule has 1 aromatic rings. The smallest absolute Gasteiger partial charge is 0.225 e. The number of hydrogen-bond acceptors (Lipinski definition) is 2. The Hall–Kier alpha value is -0.870. The molecule has 1 heterocycles. The van der Waals surface area contributed by atoms with Crippen LogP contribution in [0.25, 0.3) is 0 Å². The van der Waals surface area contributed by atoms with Crippen LogP contribution >= 0.6 is 15.9 Å². The minimum Gasteiger partial charge on any atom is -0.341 e. The Morgan fingerprint density at radius 3 is 2.80 bits per heavy atom. The zero-order valence-electron chi connectivity index (χ0n) is 11.7. The monoisotopic (exact) mass is 336 g/mol. The van der Waals surface area contributed by atoms with Crippen molar-refractivity contribution in [2.45, 2.75) is 25.8 Å². The molecule has 2 fully saturated rings. The van der Waals surface area contributed by atoms with Gasteiger partial charge in [-0.3, -0.25) is 9.69 Å². The Bertz CT molecular complexity index is 487. The van der Waals surface area contributed by atoms with Crippen molar-refractivity contribution in [3.63, 3.8) is 0 Å². The fraction of sp³-hybridized carbons (Fsp3) is 0.562. The van der Waals surface area contributed by atoms with Crippen LogP contribution in [0.5, 0.6) is 0 Å². The highest BCUT2D eigenvalue weighted by Crippen LogP contribution is 2.31. The van der Waals surface area contributed by atoms with Gasteiger partial charge >= 0.3 is 0 Å². The summed E-state index contributed by atoms with van der Waals surface area (Å²) in [5.41, 5.74) is 1.33. The van der Waals surface area contributed by atoms with E-state index in [0.29, 0.717) is 11.8 Å². The summed E-state index contributed by atoms with van der Waals surface area (Å²) in [7, 11) is 0. The minimum atomic E-state index is 0.353. The van der Waals surface area contributed by atoms with Crippen molar-refractivity contribution >= 4 is 21.8 Å². The first-order valence-corrected chi connectivity index (χ1v) is 8.27. The molecule has 1 saturated heterocycles. The summed E-state index contributed by atoms with van der Waals surface area (Å²) in [4.78, 5) is 16.7. The molecule has 108 valence electrons. The molecular weight excluding hydrogens is 316 g/mol. The van der Waals surface area contributed by atoms with Crippen LogP contribution in [-0.4, -0.2) is 41.9 Å². The predicted molar refractivity (Wildman–Crippen MR) is 83.3 cm³/mol. The third-order valence-corrected chi connectivity index (χ3v) is 4.62. The van der Waals surface area contributed by atoms with E-state index >= 15 is 0 Å². The number of carbonyl (C=O) groups is 1. The molecule has 1 aliphatic heterocycles. The van der Waals surface area contributed by atoms with Crippen molar-refractivity contribution in [1.29, 1.82) is 0 Å². The maximum atomic E-state index is 12.1. The Morgan fingerprint density at radius 1 is 1.20 bits per heavy atom. The lowest BCUT2D eigenvalue weighted by Gasteiger charge is -2.22. The number of benzene rings is 1. The lowest BCUT2D eigenvalue weighted by Crippen LogP contribution is -2.35. The second-order valence-electron chi connectivity index (χ2n) is 5.86. The van der Waals surface area contributed by atoms with Gasteiger partial charge in [0.25, 0.3) is 0 Å². The molecule has 0 spiro atoms. The largest absolute Gasteiger partial charge is 0.341 e. The first-order chi connectivity index (χ1) is 9.72. The van der Waals surface area contributed by atoms with Crippen LogP contribution in [0.4, 0.5) is 0 Å². The maximum Gasteiger partial charge on any atom is 0.225 e. The molecule has 1 amide bonds. The van der Waals surface area contributed by atoms with E-state index in [1.54, 1.807) is 0 Å². The topological polar surface area (TPSA) is 23.6 Å². The van der Waals surface area contributed by atoms with Crippen molar-refractivity contribution in [3.05, 3.63) is 34.3 Å². The Morgan fingerprint density at radius 2 is 2.05 bits per heavy atom. The molecule has 20 heavy (non-hydrogen) atoms. The molecule has 3 rings (SSSR count). The number of rotatable bonds is 3. The summed E-state index contributed by atoms with van der Waals surface area (Å²) >= 11 is 3.52. The molecule has 1 aromatic carbocycles. The first-order valence-electron chi connectivity index (χ1n) is 7.48. The predicted octanol–water partition coefficient (Wildman–Crippen LogP) is 2.89. The third-order valence-electron chi connectivity index (χ3n) is 4.12. The van der Waals surface area contributed by atoms with Crippen molar-refractivity contribution in [3.8, 4) is 0 Å². The van der Waals surface area contributed by atoms with Crippen LogP contribution in [-0.2, 0) is 11.3 Å². The van der Waals surface area contributed by atoms with E-state index in [1.807, 2.05) is 0 Å². The Balaban J connectivity index is 1.55.